The molecule has 5 heteroatoms. The number of halogens is 2. The van der Waals surface area contributed by atoms with Crippen LogP contribution >= 0.6 is 23.2 Å². The zero-order chi connectivity index (χ0) is 9.59. The first-order valence-electron chi connectivity index (χ1n) is 3.86. The number of alkyl halides is 2. The largest absolute Gasteiger partial charge is 0.386 e. The van der Waals surface area contributed by atoms with Gasteiger partial charge >= 0.3 is 11.9 Å². The second kappa shape index (κ2) is 3.00. The summed E-state index contributed by atoms with van der Waals surface area (Å²) in [6, 6.07) is 0. The summed E-state index contributed by atoms with van der Waals surface area (Å²) in [6.45, 7) is 0. The van der Waals surface area contributed by atoms with Gasteiger partial charge in [-0.05, 0) is 12.8 Å². The standard InChI is InChI=1S/C8H6Cl2O3/c9-5-1-3-4(2-6(5)10)8(12)13-7(3)11/h5-6H,1-2H2/t5-,6+. The monoisotopic (exact) mass is 220 g/mol. The molecule has 2 aliphatic rings. The third-order valence-corrected chi connectivity index (χ3v) is 3.28. The zero-order valence-electron chi connectivity index (χ0n) is 6.55. The molecule has 0 aromatic rings. The first-order chi connectivity index (χ1) is 6.09. The molecule has 2 atom stereocenters. The second-order valence-corrected chi connectivity index (χ2v) is 4.20. The summed E-state index contributed by atoms with van der Waals surface area (Å²) in [5.41, 5.74) is 0.809. The van der Waals surface area contributed by atoms with Crippen molar-refractivity contribution in [2.75, 3.05) is 0 Å². The van der Waals surface area contributed by atoms with Gasteiger partial charge in [0.2, 0.25) is 0 Å². The Bertz CT molecular complexity index is 291. The van der Waals surface area contributed by atoms with Crippen molar-refractivity contribution >= 4 is 35.1 Å². The van der Waals surface area contributed by atoms with Gasteiger partial charge in [0.25, 0.3) is 0 Å². The van der Waals surface area contributed by atoms with Crippen molar-refractivity contribution in [3.8, 4) is 0 Å². The van der Waals surface area contributed by atoms with Crippen molar-refractivity contribution in [2.24, 2.45) is 0 Å². The lowest BCUT2D eigenvalue weighted by Crippen LogP contribution is -2.23. The quantitative estimate of drug-likeness (QED) is 0.352. The van der Waals surface area contributed by atoms with E-state index in [1.807, 2.05) is 0 Å². The molecule has 1 heterocycles. The summed E-state index contributed by atoms with van der Waals surface area (Å²) in [7, 11) is 0. The molecule has 0 aromatic carbocycles. The van der Waals surface area contributed by atoms with E-state index in [0.29, 0.717) is 24.0 Å². The van der Waals surface area contributed by atoms with Gasteiger partial charge in [-0.15, -0.1) is 23.2 Å². The first kappa shape index (κ1) is 9.03. The summed E-state index contributed by atoms with van der Waals surface area (Å²) in [4.78, 5) is 22.1. The van der Waals surface area contributed by atoms with Crippen LogP contribution in [0.15, 0.2) is 11.1 Å². The van der Waals surface area contributed by atoms with Crippen molar-refractivity contribution in [1.82, 2.24) is 0 Å². The van der Waals surface area contributed by atoms with Crippen LogP contribution < -0.4 is 0 Å². The lowest BCUT2D eigenvalue weighted by molar-refractivity contribution is -0.151. The highest BCUT2D eigenvalue weighted by molar-refractivity contribution is 6.31. The fraction of sp³-hybridized carbons (Fsp3) is 0.500. The van der Waals surface area contributed by atoms with E-state index >= 15 is 0 Å². The normalized spacial score (nSPS) is 33.4. The SMILES string of the molecule is O=C1OC(=O)C2=C1C[C@@H](Cl)[C@@H](Cl)C2. The maximum absolute atomic E-state index is 11.1. The van der Waals surface area contributed by atoms with Crippen LogP contribution in [0.3, 0.4) is 0 Å². The molecule has 13 heavy (non-hydrogen) atoms. The molecular weight excluding hydrogens is 215 g/mol. The number of carbonyl (C=O) groups excluding carboxylic acids is 2. The molecule has 0 amide bonds. The number of carbonyl (C=O) groups is 2. The molecule has 0 N–H and O–H groups in total. The Morgan fingerprint density at radius 2 is 1.38 bits per heavy atom. The van der Waals surface area contributed by atoms with E-state index in [1.165, 1.54) is 0 Å². The van der Waals surface area contributed by atoms with Gasteiger partial charge in [-0.1, -0.05) is 0 Å². The van der Waals surface area contributed by atoms with Crippen LogP contribution in [0.4, 0.5) is 0 Å². The minimum Gasteiger partial charge on any atom is -0.386 e. The minimum atomic E-state index is -0.561. The van der Waals surface area contributed by atoms with Crippen LogP contribution in [-0.4, -0.2) is 22.7 Å². The van der Waals surface area contributed by atoms with Crippen molar-refractivity contribution in [2.45, 2.75) is 23.6 Å². The highest BCUT2D eigenvalue weighted by atomic mass is 35.5. The Morgan fingerprint density at radius 1 is 1.00 bits per heavy atom. The third kappa shape index (κ3) is 1.36. The summed E-state index contributed by atoms with van der Waals surface area (Å²) < 4.78 is 4.44. The Morgan fingerprint density at radius 3 is 1.77 bits per heavy atom. The van der Waals surface area contributed by atoms with E-state index in [-0.39, 0.29) is 10.8 Å². The van der Waals surface area contributed by atoms with Crippen molar-refractivity contribution in [1.29, 1.82) is 0 Å². The number of rotatable bonds is 0. The lowest BCUT2D eigenvalue weighted by atomic mass is 9.92. The maximum atomic E-state index is 11.1. The van der Waals surface area contributed by atoms with E-state index in [4.69, 9.17) is 23.2 Å². The predicted octanol–water partition coefficient (Wildman–Crippen LogP) is 1.38. The molecule has 0 fully saturated rings. The average molecular weight is 221 g/mol. The van der Waals surface area contributed by atoms with Gasteiger partial charge in [-0.25, -0.2) is 9.59 Å². The molecule has 3 nitrogen and oxygen atoms in total. The van der Waals surface area contributed by atoms with E-state index in [9.17, 15) is 9.59 Å². The summed E-state index contributed by atoms with van der Waals surface area (Å²) >= 11 is 11.7. The van der Waals surface area contributed by atoms with Crippen LogP contribution in [-0.2, 0) is 14.3 Å². The van der Waals surface area contributed by atoms with Crippen molar-refractivity contribution < 1.29 is 14.3 Å². The van der Waals surface area contributed by atoms with Crippen molar-refractivity contribution in [3.05, 3.63) is 11.1 Å². The van der Waals surface area contributed by atoms with E-state index in [2.05, 4.69) is 4.74 Å². The Labute approximate surface area is 84.6 Å². The first-order valence-corrected chi connectivity index (χ1v) is 4.73. The molecule has 1 aliphatic carbocycles. The number of hydrogen-bond donors (Lipinski definition) is 0. The second-order valence-electron chi connectivity index (χ2n) is 3.07. The number of ether oxygens (including phenoxy) is 1. The summed E-state index contributed by atoms with van der Waals surface area (Å²) in [6.07, 6.45) is 0.658. The highest BCUT2D eigenvalue weighted by Gasteiger charge is 2.40. The number of cyclic esters (lactones) is 2. The third-order valence-electron chi connectivity index (χ3n) is 2.23. The van der Waals surface area contributed by atoms with E-state index in [0.717, 1.165) is 0 Å². The maximum Gasteiger partial charge on any atom is 0.342 e. The Balaban J connectivity index is 2.36. The fourth-order valence-electron chi connectivity index (χ4n) is 1.51. The molecular formula is C8H6Cl2O3. The lowest BCUT2D eigenvalue weighted by Gasteiger charge is -2.20. The van der Waals surface area contributed by atoms with Gasteiger partial charge in [0, 0.05) is 11.1 Å². The van der Waals surface area contributed by atoms with Crippen LogP contribution in [0.2, 0.25) is 0 Å². The summed E-state index contributed by atoms with van der Waals surface area (Å²) in [5, 5.41) is -0.585. The minimum absolute atomic E-state index is 0.293. The van der Waals surface area contributed by atoms with Gasteiger partial charge in [0.05, 0.1) is 10.8 Å². The van der Waals surface area contributed by atoms with E-state index in [1.54, 1.807) is 0 Å². The van der Waals surface area contributed by atoms with Crippen molar-refractivity contribution in [3.63, 3.8) is 0 Å². The molecule has 70 valence electrons. The predicted molar refractivity (Wildman–Crippen MR) is 46.6 cm³/mol. The highest BCUT2D eigenvalue weighted by Crippen LogP contribution is 2.36. The molecule has 0 saturated carbocycles. The molecule has 0 unspecified atom stereocenters. The Hall–Kier alpha value is -0.540. The number of esters is 2. The van der Waals surface area contributed by atoms with Gasteiger partial charge in [0.15, 0.2) is 0 Å². The van der Waals surface area contributed by atoms with Crippen LogP contribution in [0.5, 0.6) is 0 Å². The van der Waals surface area contributed by atoms with Gasteiger partial charge in [0.1, 0.15) is 0 Å². The fourth-order valence-corrected chi connectivity index (χ4v) is 2.00. The topological polar surface area (TPSA) is 43.4 Å². The molecule has 1 aliphatic heterocycles. The zero-order valence-corrected chi connectivity index (χ0v) is 8.06. The van der Waals surface area contributed by atoms with Gasteiger partial charge in [-0.2, -0.15) is 0 Å². The molecule has 0 bridgehead atoms. The number of hydrogen-bond acceptors (Lipinski definition) is 3. The Kier molecular flexibility index (Phi) is 2.08. The molecule has 0 aromatic heterocycles. The molecule has 0 saturated heterocycles. The molecule has 2 rings (SSSR count). The average Bonchev–Trinajstić information content (AvgIpc) is 2.31. The van der Waals surface area contributed by atoms with Crippen LogP contribution in [0, 0.1) is 0 Å². The molecule has 0 spiro atoms. The van der Waals surface area contributed by atoms with Gasteiger partial charge in [-0.3, -0.25) is 0 Å². The van der Waals surface area contributed by atoms with Crippen LogP contribution in [0.1, 0.15) is 12.8 Å². The van der Waals surface area contributed by atoms with E-state index < -0.39 is 11.9 Å². The van der Waals surface area contributed by atoms with Crippen LogP contribution in [0.25, 0.3) is 0 Å². The summed E-state index contributed by atoms with van der Waals surface area (Å²) in [5.74, 6) is -1.12. The van der Waals surface area contributed by atoms with Gasteiger partial charge < -0.3 is 4.74 Å². The molecule has 0 radical (unpaired) electrons. The smallest absolute Gasteiger partial charge is 0.342 e.